The molecule has 0 spiro atoms. The van der Waals surface area contributed by atoms with Crippen LogP contribution in [0.5, 0.6) is 5.75 Å². The molecule has 3 nitrogen and oxygen atoms in total. The number of rotatable bonds is 1. The fourth-order valence-corrected chi connectivity index (χ4v) is 1.06. The first kappa shape index (κ1) is 8.59. The lowest BCUT2D eigenvalue weighted by Gasteiger charge is -2.05. The highest BCUT2D eigenvalue weighted by atomic mass is 16.3. The van der Waals surface area contributed by atoms with E-state index in [1.165, 1.54) is 0 Å². The van der Waals surface area contributed by atoms with Crippen LogP contribution in [0.1, 0.15) is 18.1 Å². The fraction of sp³-hybridized carbons (Fsp3) is 0.222. The molecule has 1 aromatic rings. The maximum Gasteiger partial charge on any atom is 0.179 e. The van der Waals surface area contributed by atoms with E-state index in [2.05, 4.69) is 0 Å². The van der Waals surface area contributed by atoms with Crippen LogP contribution < -0.4 is 11.1 Å². The van der Waals surface area contributed by atoms with Gasteiger partial charge >= 0.3 is 0 Å². The van der Waals surface area contributed by atoms with Crippen LogP contribution in [0.25, 0.3) is 0 Å². The highest BCUT2D eigenvalue weighted by Gasteiger charge is 2.10. The highest BCUT2D eigenvalue weighted by Crippen LogP contribution is 2.27. The standard InChI is InChI=1S/C9H12N2O/c1-5-3-4-7(6(2)10)8(11)9(5)12/h3-4,10,12H,11H2,1-2H3/p+1. The van der Waals surface area contributed by atoms with Gasteiger partial charge in [0.05, 0.1) is 11.3 Å². The third-order valence-electron chi connectivity index (χ3n) is 1.84. The Labute approximate surface area is 71.3 Å². The van der Waals surface area contributed by atoms with Gasteiger partial charge in [-0.3, -0.25) is 5.41 Å². The molecule has 0 aliphatic carbocycles. The van der Waals surface area contributed by atoms with E-state index in [-0.39, 0.29) is 5.75 Å². The second-order valence-electron chi connectivity index (χ2n) is 2.88. The summed E-state index contributed by atoms with van der Waals surface area (Å²) in [7, 11) is 0. The average molecular weight is 165 g/mol. The van der Waals surface area contributed by atoms with Gasteiger partial charge in [0.15, 0.2) is 5.71 Å². The van der Waals surface area contributed by atoms with E-state index in [4.69, 9.17) is 11.1 Å². The summed E-state index contributed by atoms with van der Waals surface area (Å²) in [5, 5.41) is 15.0. The molecular weight excluding hydrogens is 152 g/mol. The van der Waals surface area contributed by atoms with E-state index >= 15 is 0 Å². The lowest BCUT2D eigenvalue weighted by molar-refractivity contribution is -0.113. The Hall–Kier alpha value is -1.51. The summed E-state index contributed by atoms with van der Waals surface area (Å²) < 4.78 is 0. The van der Waals surface area contributed by atoms with Gasteiger partial charge in [0.25, 0.3) is 0 Å². The van der Waals surface area contributed by atoms with Gasteiger partial charge in [-0.2, -0.15) is 0 Å². The summed E-state index contributed by atoms with van der Waals surface area (Å²) in [6.07, 6.45) is 0. The van der Waals surface area contributed by atoms with E-state index in [1.807, 2.05) is 0 Å². The lowest BCUT2D eigenvalue weighted by atomic mass is 10.1. The SMILES string of the molecule is CC(=[NH2+])c1ccc(C)c(O)c1N. The van der Waals surface area contributed by atoms with Crippen LogP contribution in [0, 0.1) is 6.92 Å². The Morgan fingerprint density at radius 1 is 1.50 bits per heavy atom. The zero-order valence-electron chi connectivity index (χ0n) is 7.26. The van der Waals surface area contributed by atoms with Crippen LogP contribution in [-0.4, -0.2) is 10.8 Å². The summed E-state index contributed by atoms with van der Waals surface area (Å²) >= 11 is 0. The first-order valence-electron chi connectivity index (χ1n) is 3.71. The lowest BCUT2D eigenvalue weighted by Crippen LogP contribution is -2.38. The van der Waals surface area contributed by atoms with Crippen LogP contribution in [-0.2, 0) is 0 Å². The number of benzene rings is 1. The number of anilines is 1. The van der Waals surface area contributed by atoms with Crippen molar-refractivity contribution in [3.8, 4) is 5.75 Å². The Bertz CT molecular complexity index is 332. The number of phenols is 1. The number of nitrogens with two attached hydrogens (primary N) is 2. The average Bonchev–Trinajstić information content (AvgIpc) is 2.00. The Kier molecular flexibility index (Phi) is 2.04. The molecule has 0 aliphatic heterocycles. The molecule has 0 atom stereocenters. The molecule has 0 saturated heterocycles. The Morgan fingerprint density at radius 3 is 2.58 bits per heavy atom. The van der Waals surface area contributed by atoms with Gasteiger partial charge in [-0.05, 0) is 18.6 Å². The molecule has 0 amide bonds. The van der Waals surface area contributed by atoms with Gasteiger partial charge in [0.2, 0.25) is 0 Å². The minimum Gasteiger partial charge on any atom is -0.505 e. The van der Waals surface area contributed by atoms with E-state index in [0.717, 1.165) is 5.56 Å². The minimum absolute atomic E-state index is 0.123. The Balaban J connectivity index is 3.36. The molecule has 0 aliphatic rings. The molecule has 0 unspecified atom stereocenters. The van der Waals surface area contributed by atoms with Crippen molar-refractivity contribution in [1.82, 2.24) is 0 Å². The monoisotopic (exact) mass is 165 g/mol. The smallest absolute Gasteiger partial charge is 0.179 e. The molecule has 64 valence electrons. The molecular formula is C9H13N2O+. The van der Waals surface area contributed by atoms with Crippen molar-refractivity contribution in [2.24, 2.45) is 0 Å². The van der Waals surface area contributed by atoms with E-state index in [0.29, 0.717) is 17.0 Å². The zero-order chi connectivity index (χ0) is 9.30. The number of phenolic OH excluding ortho intramolecular Hbond substituents is 1. The van der Waals surface area contributed by atoms with E-state index in [1.54, 1.807) is 26.0 Å². The predicted molar refractivity (Wildman–Crippen MR) is 49.0 cm³/mol. The van der Waals surface area contributed by atoms with Gasteiger partial charge in [-0.25, -0.2) is 0 Å². The second kappa shape index (κ2) is 2.85. The van der Waals surface area contributed by atoms with Crippen LogP contribution in [0.15, 0.2) is 12.1 Å². The zero-order valence-corrected chi connectivity index (χ0v) is 7.26. The molecule has 1 rings (SSSR count). The number of hydrogen-bond acceptors (Lipinski definition) is 2. The summed E-state index contributed by atoms with van der Waals surface area (Å²) in [6, 6.07) is 3.59. The van der Waals surface area contributed by atoms with Crippen molar-refractivity contribution >= 4 is 11.4 Å². The molecule has 0 fully saturated rings. The van der Waals surface area contributed by atoms with Gasteiger partial charge in [-0.1, -0.05) is 6.07 Å². The normalized spacial score (nSPS) is 9.83. The van der Waals surface area contributed by atoms with Crippen molar-refractivity contribution in [3.05, 3.63) is 23.3 Å². The summed E-state index contributed by atoms with van der Waals surface area (Å²) in [5.41, 5.74) is 8.07. The minimum atomic E-state index is 0.123. The molecule has 0 aromatic heterocycles. The van der Waals surface area contributed by atoms with Crippen LogP contribution in [0.2, 0.25) is 0 Å². The molecule has 0 heterocycles. The van der Waals surface area contributed by atoms with E-state index in [9.17, 15) is 5.11 Å². The van der Waals surface area contributed by atoms with Crippen LogP contribution in [0.3, 0.4) is 0 Å². The molecule has 3 heteroatoms. The number of aromatic hydroxyl groups is 1. The summed E-state index contributed by atoms with van der Waals surface area (Å²) in [4.78, 5) is 0. The third kappa shape index (κ3) is 1.25. The van der Waals surface area contributed by atoms with Gasteiger partial charge in [0, 0.05) is 6.92 Å². The van der Waals surface area contributed by atoms with E-state index < -0.39 is 0 Å². The maximum atomic E-state index is 9.44. The topological polar surface area (TPSA) is 71.8 Å². The van der Waals surface area contributed by atoms with Gasteiger partial charge in [-0.15, -0.1) is 0 Å². The molecule has 0 radical (unpaired) electrons. The molecule has 0 bridgehead atoms. The first-order chi connectivity index (χ1) is 5.54. The molecule has 1 aromatic carbocycles. The highest BCUT2D eigenvalue weighted by molar-refractivity contribution is 6.00. The maximum absolute atomic E-state index is 9.44. The van der Waals surface area contributed by atoms with Crippen LogP contribution >= 0.6 is 0 Å². The molecule has 5 N–H and O–H groups in total. The molecule has 0 saturated carbocycles. The summed E-state index contributed by atoms with van der Waals surface area (Å²) in [5.74, 6) is 0.123. The van der Waals surface area contributed by atoms with Crippen molar-refractivity contribution in [2.75, 3.05) is 5.73 Å². The van der Waals surface area contributed by atoms with Crippen molar-refractivity contribution < 1.29 is 10.5 Å². The fourth-order valence-electron chi connectivity index (χ4n) is 1.06. The second-order valence-corrected chi connectivity index (χ2v) is 2.88. The Morgan fingerprint density at radius 2 is 2.08 bits per heavy atom. The van der Waals surface area contributed by atoms with Gasteiger partial charge < -0.3 is 10.8 Å². The predicted octanol–water partition coefficient (Wildman–Crippen LogP) is -0.149. The third-order valence-corrected chi connectivity index (χ3v) is 1.84. The number of hydrogen-bond donors (Lipinski definition) is 3. The van der Waals surface area contributed by atoms with Crippen molar-refractivity contribution in [1.29, 1.82) is 0 Å². The van der Waals surface area contributed by atoms with Gasteiger partial charge in [0.1, 0.15) is 5.75 Å². The van der Waals surface area contributed by atoms with Crippen LogP contribution in [0.4, 0.5) is 5.69 Å². The molecule has 12 heavy (non-hydrogen) atoms. The quantitative estimate of drug-likeness (QED) is 0.307. The van der Waals surface area contributed by atoms with Crippen molar-refractivity contribution in [3.63, 3.8) is 0 Å². The number of nitrogen functional groups attached to an aromatic ring is 1. The summed E-state index contributed by atoms with van der Waals surface area (Å²) in [6.45, 7) is 3.54. The number of aryl methyl sites for hydroxylation is 1. The van der Waals surface area contributed by atoms with Crippen molar-refractivity contribution in [2.45, 2.75) is 13.8 Å². The largest absolute Gasteiger partial charge is 0.505 e. The first-order valence-corrected chi connectivity index (χ1v) is 3.71.